The number of benzene rings is 1. The molecule has 3 atom stereocenters. The minimum absolute atomic E-state index is 0.167. The molecule has 4 heterocycles. The Kier molecular flexibility index (Phi) is 4.82. The number of rotatable bonds is 2. The molecule has 2 saturated heterocycles. The summed E-state index contributed by atoms with van der Waals surface area (Å²) in [6.45, 7) is 5.93. The zero-order valence-corrected chi connectivity index (χ0v) is 17.3. The number of piperidine rings is 2. The Bertz CT molecular complexity index is 914. The Morgan fingerprint density at radius 3 is 2.54 bits per heavy atom. The molecule has 2 bridgehead atoms. The second-order valence-corrected chi connectivity index (χ2v) is 9.63. The van der Waals surface area contributed by atoms with Gasteiger partial charge in [-0.05, 0) is 36.2 Å². The maximum Gasteiger partial charge on any atom is 0.258 e. The molecule has 3 aliphatic rings. The van der Waals surface area contributed by atoms with Crippen LogP contribution in [0.2, 0.25) is 5.02 Å². The van der Waals surface area contributed by atoms with Crippen molar-refractivity contribution in [2.45, 2.75) is 37.8 Å². The van der Waals surface area contributed by atoms with Crippen molar-refractivity contribution in [2.24, 2.45) is 5.92 Å². The van der Waals surface area contributed by atoms with Gasteiger partial charge in [0.15, 0.2) is 0 Å². The van der Waals surface area contributed by atoms with Gasteiger partial charge in [-0.25, -0.2) is 0 Å². The van der Waals surface area contributed by atoms with E-state index in [9.17, 15) is 4.79 Å². The van der Waals surface area contributed by atoms with E-state index in [2.05, 4.69) is 17.7 Å². The van der Waals surface area contributed by atoms with Crippen molar-refractivity contribution in [3.05, 3.63) is 57.5 Å². The SMILES string of the molecule is C[NH+]1CCC([NH+]2C[C@@H]3C[C@H](C2)c2ccc(-c4ccc(Cl)cc4)c(=O)n2C3)CC1. The maximum absolute atomic E-state index is 13.3. The lowest BCUT2D eigenvalue weighted by Crippen LogP contribution is -3.21. The van der Waals surface area contributed by atoms with Crippen molar-refractivity contribution < 1.29 is 9.80 Å². The zero-order chi connectivity index (χ0) is 19.3. The second kappa shape index (κ2) is 7.33. The highest BCUT2D eigenvalue weighted by Gasteiger charge is 2.41. The number of likely N-dealkylation sites (tertiary alicyclic amines) is 2. The number of aromatic nitrogens is 1. The first-order valence-corrected chi connectivity index (χ1v) is 11.1. The molecule has 3 aliphatic heterocycles. The Balaban J connectivity index is 1.42. The van der Waals surface area contributed by atoms with Crippen molar-refractivity contribution in [1.82, 2.24) is 4.57 Å². The second-order valence-electron chi connectivity index (χ2n) is 9.19. The molecule has 0 saturated carbocycles. The van der Waals surface area contributed by atoms with Crippen LogP contribution < -0.4 is 15.4 Å². The van der Waals surface area contributed by atoms with E-state index in [0.29, 0.717) is 16.9 Å². The molecule has 0 radical (unpaired) electrons. The van der Waals surface area contributed by atoms with E-state index in [1.807, 2.05) is 30.3 Å². The van der Waals surface area contributed by atoms with Crippen LogP contribution in [-0.4, -0.2) is 43.8 Å². The predicted octanol–water partition coefficient (Wildman–Crippen LogP) is 0.848. The molecule has 0 spiro atoms. The highest BCUT2D eigenvalue weighted by atomic mass is 35.5. The number of nitrogens with one attached hydrogen (secondary N) is 2. The van der Waals surface area contributed by atoms with Crippen molar-refractivity contribution in [3.63, 3.8) is 0 Å². The summed E-state index contributed by atoms with van der Waals surface area (Å²) in [5.74, 6) is 1.16. The number of hydrogen-bond acceptors (Lipinski definition) is 1. The van der Waals surface area contributed by atoms with Gasteiger partial charge in [0.1, 0.15) is 0 Å². The van der Waals surface area contributed by atoms with Gasteiger partial charge in [-0.3, -0.25) is 4.79 Å². The van der Waals surface area contributed by atoms with Gasteiger partial charge in [-0.1, -0.05) is 23.7 Å². The summed E-state index contributed by atoms with van der Waals surface area (Å²) in [5.41, 5.74) is 3.18. The average Bonchev–Trinajstić information content (AvgIpc) is 2.70. The molecular weight excluding hydrogens is 370 g/mol. The number of nitrogens with zero attached hydrogens (tertiary/aromatic N) is 1. The first kappa shape index (κ1) is 18.4. The van der Waals surface area contributed by atoms with Crippen LogP contribution in [0, 0.1) is 5.92 Å². The van der Waals surface area contributed by atoms with Gasteiger partial charge in [-0.15, -0.1) is 0 Å². The van der Waals surface area contributed by atoms with Crippen LogP contribution in [0.5, 0.6) is 0 Å². The number of quaternary nitrogens is 2. The lowest BCUT2D eigenvalue weighted by molar-refractivity contribution is -0.959. The first-order chi connectivity index (χ1) is 13.6. The first-order valence-electron chi connectivity index (χ1n) is 10.7. The molecule has 0 aliphatic carbocycles. The van der Waals surface area contributed by atoms with E-state index in [1.165, 1.54) is 51.1 Å². The fourth-order valence-electron chi connectivity index (χ4n) is 5.80. The zero-order valence-electron chi connectivity index (χ0n) is 16.6. The third kappa shape index (κ3) is 3.32. The number of halogens is 1. The van der Waals surface area contributed by atoms with Crippen LogP contribution in [0.4, 0.5) is 0 Å². The molecule has 1 unspecified atom stereocenters. The molecule has 148 valence electrons. The highest BCUT2D eigenvalue weighted by Crippen LogP contribution is 2.32. The van der Waals surface area contributed by atoms with Gasteiger partial charge in [0.05, 0.1) is 39.3 Å². The van der Waals surface area contributed by atoms with Crippen LogP contribution in [0.15, 0.2) is 41.2 Å². The highest BCUT2D eigenvalue weighted by molar-refractivity contribution is 6.30. The van der Waals surface area contributed by atoms with Gasteiger partial charge in [0.2, 0.25) is 0 Å². The summed E-state index contributed by atoms with van der Waals surface area (Å²) >= 11 is 6.02. The quantitative estimate of drug-likeness (QED) is 0.770. The lowest BCUT2D eigenvalue weighted by atomic mass is 9.81. The van der Waals surface area contributed by atoms with Crippen LogP contribution in [0.25, 0.3) is 11.1 Å². The molecular formula is C23H30ClN3O+2. The van der Waals surface area contributed by atoms with E-state index < -0.39 is 0 Å². The maximum atomic E-state index is 13.3. The molecule has 2 aromatic rings. The van der Waals surface area contributed by atoms with Gasteiger partial charge >= 0.3 is 0 Å². The van der Waals surface area contributed by atoms with Gasteiger partial charge in [0.25, 0.3) is 5.56 Å². The van der Waals surface area contributed by atoms with Gasteiger partial charge in [0, 0.05) is 47.5 Å². The average molecular weight is 400 g/mol. The normalized spacial score (nSPS) is 32.0. The van der Waals surface area contributed by atoms with Crippen LogP contribution in [0.1, 0.15) is 30.9 Å². The molecule has 2 fully saturated rings. The third-order valence-corrected chi connectivity index (χ3v) is 7.57. The summed E-state index contributed by atoms with van der Waals surface area (Å²) < 4.78 is 2.08. The Morgan fingerprint density at radius 2 is 1.79 bits per heavy atom. The fourth-order valence-corrected chi connectivity index (χ4v) is 5.93. The minimum Gasteiger partial charge on any atom is -0.337 e. The molecule has 1 aromatic heterocycles. The van der Waals surface area contributed by atoms with E-state index in [-0.39, 0.29) is 5.56 Å². The fraction of sp³-hybridized carbons (Fsp3) is 0.522. The molecule has 5 heteroatoms. The monoisotopic (exact) mass is 399 g/mol. The molecule has 28 heavy (non-hydrogen) atoms. The smallest absolute Gasteiger partial charge is 0.258 e. The van der Waals surface area contributed by atoms with Crippen molar-refractivity contribution in [3.8, 4) is 11.1 Å². The number of fused-ring (bicyclic) bond motifs is 4. The summed E-state index contributed by atoms with van der Waals surface area (Å²) in [7, 11) is 2.32. The third-order valence-electron chi connectivity index (χ3n) is 7.32. The van der Waals surface area contributed by atoms with Crippen molar-refractivity contribution in [2.75, 3.05) is 33.2 Å². The van der Waals surface area contributed by atoms with Crippen LogP contribution in [0.3, 0.4) is 0 Å². The van der Waals surface area contributed by atoms with Crippen molar-refractivity contribution in [1.29, 1.82) is 0 Å². The largest absolute Gasteiger partial charge is 0.337 e. The van der Waals surface area contributed by atoms with Gasteiger partial charge in [-0.2, -0.15) is 0 Å². The summed E-state index contributed by atoms with van der Waals surface area (Å²) in [6, 6.07) is 12.7. The molecule has 1 aromatic carbocycles. The Morgan fingerprint density at radius 1 is 1.04 bits per heavy atom. The van der Waals surface area contributed by atoms with Crippen LogP contribution >= 0.6 is 11.6 Å². The molecule has 0 amide bonds. The Hall–Kier alpha value is -1.62. The minimum atomic E-state index is 0.167. The lowest BCUT2D eigenvalue weighted by Gasteiger charge is -2.44. The van der Waals surface area contributed by atoms with Crippen molar-refractivity contribution >= 4 is 11.6 Å². The molecule has 4 nitrogen and oxygen atoms in total. The Labute approximate surface area is 171 Å². The van der Waals surface area contributed by atoms with E-state index >= 15 is 0 Å². The summed E-state index contributed by atoms with van der Waals surface area (Å²) in [4.78, 5) is 16.8. The van der Waals surface area contributed by atoms with E-state index in [0.717, 1.165) is 23.7 Å². The van der Waals surface area contributed by atoms with E-state index in [1.54, 1.807) is 9.80 Å². The predicted molar refractivity (Wildman–Crippen MR) is 112 cm³/mol. The van der Waals surface area contributed by atoms with Crippen LogP contribution in [-0.2, 0) is 6.54 Å². The molecule has 2 N–H and O–H groups in total. The van der Waals surface area contributed by atoms with Gasteiger partial charge < -0.3 is 14.4 Å². The number of hydrogen-bond donors (Lipinski definition) is 2. The standard InChI is InChI=1S/C23H28ClN3O/c1-25-10-8-20(9-11-25)26-13-16-12-18(15-26)22-7-6-21(23(28)27(22)14-16)17-2-4-19(24)5-3-17/h2-7,16,18,20H,8-15H2,1H3/p+2/t16-,18+/m0/s1. The molecule has 5 rings (SSSR count). The topological polar surface area (TPSA) is 30.9 Å². The summed E-state index contributed by atoms with van der Waals surface area (Å²) in [5, 5.41) is 0.704. The van der Waals surface area contributed by atoms with E-state index in [4.69, 9.17) is 11.6 Å². The number of pyridine rings is 1. The summed E-state index contributed by atoms with van der Waals surface area (Å²) in [6.07, 6.45) is 3.95.